The summed E-state index contributed by atoms with van der Waals surface area (Å²) in [6, 6.07) is 0. The van der Waals surface area contributed by atoms with Crippen LogP contribution in [0.15, 0.2) is 12.2 Å². The van der Waals surface area contributed by atoms with Crippen molar-refractivity contribution >= 4 is 51.6 Å². The van der Waals surface area contributed by atoms with Gasteiger partial charge in [0, 0.05) is 6.61 Å². The molecule has 0 radical (unpaired) electrons. The molecule has 0 aliphatic rings. The van der Waals surface area contributed by atoms with Crippen LogP contribution in [0, 0.1) is 0 Å². The van der Waals surface area contributed by atoms with Crippen LogP contribution in [-0.4, -0.2) is 81.6 Å². The summed E-state index contributed by atoms with van der Waals surface area (Å²) in [7, 11) is -4.84. The number of rotatable bonds is 19. The number of aliphatic hydroxyl groups excluding tert-OH is 1. The predicted octanol–water partition coefficient (Wildman–Crippen LogP) is 4.17. The first kappa shape index (κ1) is 36.1. The number of carboxylic acid groups (broad SMARTS) is 2. The molecule has 4 N–H and O–H groups in total. The second-order valence-corrected chi connectivity index (χ2v) is 9.20. The van der Waals surface area contributed by atoms with Gasteiger partial charge in [-0.15, -0.1) is 0 Å². The molecular weight excluding hydrogens is 447 g/mol. The second-order valence-electron chi connectivity index (χ2n) is 7.60. The Labute approximate surface area is 215 Å². The minimum absolute atomic E-state index is 0. The molecule has 0 spiro atoms. The third kappa shape index (κ3) is 27.6. The molecule has 0 heterocycles. The molecule has 0 aliphatic carbocycles. The van der Waals surface area contributed by atoms with Gasteiger partial charge in [0.2, 0.25) is 0 Å². The molecule has 0 saturated carbocycles. The van der Waals surface area contributed by atoms with Crippen molar-refractivity contribution in [2.75, 3.05) is 6.61 Å². The molecule has 0 amide bonds. The third-order valence-electron chi connectivity index (χ3n) is 4.66. The minimum atomic E-state index is -4.84. The zero-order chi connectivity index (χ0) is 24.0. The van der Waals surface area contributed by atoms with Gasteiger partial charge >= 0.3 is 41.5 Å². The van der Waals surface area contributed by atoms with Crippen LogP contribution in [0.4, 0.5) is 0 Å². The molecule has 0 rings (SSSR count). The van der Waals surface area contributed by atoms with Gasteiger partial charge in [-0.1, -0.05) is 76.9 Å². The molecule has 186 valence electrons. The van der Waals surface area contributed by atoms with E-state index < -0.39 is 33.7 Å². The van der Waals surface area contributed by atoms with Crippen LogP contribution in [-0.2, 0) is 19.7 Å². The van der Waals surface area contributed by atoms with Crippen LogP contribution < -0.4 is 0 Å². The van der Waals surface area contributed by atoms with E-state index in [1.165, 1.54) is 83.5 Å². The fraction of sp³-hybridized carbons (Fsp3) is 0.818. The van der Waals surface area contributed by atoms with Crippen LogP contribution in [0.2, 0.25) is 0 Å². The number of unbranched alkanes of at least 4 members (excludes halogenated alkanes) is 12. The fourth-order valence-electron chi connectivity index (χ4n) is 2.84. The van der Waals surface area contributed by atoms with Gasteiger partial charge in [0.15, 0.2) is 5.25 Å². The maximum absolute atomic E-state index is 10.2. The quantitative estimate of drug-likeness (QED) is 0.0912. The van der Waals surface area contributed by atoms with Gasteiger partial charge in [-0.05, 0) is 32.1 Å². The van der Waals surface area contributed by atoms with Crippen molar-refractivity contribution in [3.8, 4) is 0 Å². The van der Waals surface area contributed by atoms with E-state index in [-0.39, 0.29) is 29.6 Å². The topological polar surface area (TPSA) is 149 Å². The average molecular weight is 491 g/mol. The monoisotopic (exact) mass is 490 g/mol. The zero-order valence-electron chi connectivity index (χ0n) is 18.9. The zero-order valence-corrected chi connectivity index (χ0v) is 19.7. The summed E-state index contributed by atoms with van der Waals surface area (Å²) in [4.78, 5) is 20.0. The standard InChI is InChI=1S/C18H36O.C4H6O7S.Na.H/c1-2-3-4-5-6-7-8-9-10-11-12-13-14-15-16-17-18-19;5-3(6)1-2(4(7)8)12(9,10)11;;/h9-10,19H,2-8,11-18H2,1H3;2H,1H2,(H,5,6)(H,7,8)(H,9,10,11);;/b10-9-;;;. The van der Waals surface area contributed by atoms with Crippen molar-refractivity contribution in [3.63, 3.8) is 0 Å². The first-order valence-electron chi connectivity index (χ1n) is 11.3. The van der Waals surface area contributed by atoms with Crippen molar-refractivity contribution in [2.24, 2.45) is 0 Å². The molecule has 10 heteroatoms. The molecule has 0 saturated heterocycles. The van der Waals surface area contributed by atoms with Crippen molar-refractivity contribution in [1.82, 2.24) is 0 Å². The van der Waals surface area contributed by atoms with Gasteiger partial charge in [0.25, 0.3) is 10.1 Å². The van der Waals surface area contributed by atoms with Crippen molar-refractivity contribution in [2.45, 2.75) is 108 Å². The van der Waals surface area contributed by atoms with Gasteiger partial charge in [-0.25, -0.2) is 0 Å². The Morgan fingerprint density at radius 2 is 1.19 bits per heavy atom. The molecular formula is C22H43NaO8S. The van der Waals surface area contributed by atoms with Crippen molar-refractivity contribution in [1.29, 1.82) is 0 Å². The summed E-state index contributed by atoms with van der Waals surface area (Å²) < 4.78 is 28.7. The number of hydrogen-bond donors (Lipinski definition) is 4. The SMILES string of the molecule is CCCCCCCC/C=C\CCCCCCCCO.O=C(O)CC(C(=O)O)S(=O)(=O)O.[NaH]. The number of carbonyl (C=O) groups is 2. The Hall–Kier alpha value is -0.450. The van der Waals surface area contributed by atoms with Crippen LogP contribution in [0.25, 0.3) is 0 Å². The molecule has 0 aliphatic heterocycles. The van der Waals surface area contributed by atoms with E-state index in [1.54, 1.807) is 0 Å². The first-order valence-corrected chi connectivity index (χ1v) is 12.8. The number of aliphatic hydroxyl groups is 1. The molecule has 32 heavy (non-hydrogen) atoms. The van der Waals surface area contributed by atoms with E-state index >= 15 is 0 Å². The summed E-state index contributed by atoms with van der Waals surface area (Å²) in [6.07, 6.45) is 22.0. The Morgan fingerprint density at radius 3 is 1.50 bits per heavy atom. The summed E-state index contributed by atoms with van der Waals surface area (Å²) in [5.74, 6) is -3.50. The van der Waals surface area contributed by atoms with Crippen LogP contribution in [0.1, 0.15) is 103 Å². The molecule has 1 unspecified atom stereocenters. The summed E-state index contributed by atoms with van der Waals surface area (Å²) in [6.45, 7) is 2.64. The summed E-state index contributed by atoms with van der Waals surface area (Å²) in [5.41, 5.74) is 0. The van der Waals surface area contributed by atoms with E-state index in [4.69, 9.17) is 19.9 Å². The molecule has 8 nitrogen and oxygen atoms in total. The van der Waals surface area contributed by atoms with Crippen molar-refractivity contribution < 1.29 is 37.9 Å². The van der Waals surface area contributed by atoms with Gasteiger partial charge in [0.1, 0.15) is 0 Å². The third-order valence-corrected chi connectivity index (χ3v) is 5.75. The van der Waals surface area contributed by atoms with Crippen LogP contribution in [0.5, 0.6) is 0 Å². The first-order chi connectivity index (χ1) is 14.7. The number of hydrogen-bond acceptors (Lipinski definition) is 5. The van der Waals surface area contributed by atoms with Gasteiger partial charge in [-0.3, -0.25) is 14.1 Å². The molecule has 0 aromatic heterocycles. The van der Waals surface area contributed by atoms with Crippen LogP contribution >= 0.6 is 0 Å². The molecule has 0 bridgehead atoms. The Bertz CT molecular complexity index is 578. The van der Waals surface area contributed by atoms with E-state index in [1.807, 2.05) is 0 Å². The van der Waals surface area contributed by atoms with E-state index in [2.05, 4.69) is 19.1 Å². The summed E-state index contributed by atoms with van der Waals surface area (Å²) >= 11 is 0. The predicted molar refractivity (Wildman–Crippen MR) is 129 cm³/mol. The van der Waals surface area contributed by atoms with Gasteiger partial charge in [-0.2, -0.15) is 8.42 Å². The molecule has 1 atom stereocenters. The number of allylic oxidation sites excluding steroid dienone is 2. The van der Waals surface area contributed by atoms with Crippen LogP contribution in [0.3, 0.4) is 0 Å². The molecule has 0 fully saturated rings. The maximum atomic E-state index is 10.2. The summed E-state index contributed by atoms with van der Waals surface area (Å²) in [5, 5.41) is 22.6. The Morgan fingerprint density at radius 1 is 0.781 bits per heavy atom. The Kier molecular flexibility index (Phi) is 28.4. The number of aliphatic carboxylic acids is 2. The second kappa shape index (κ2) is 25.2. The molecule has 0 aromatic rings. The number of carboxylic acids is 2. The van der Waals surface area contributed by atoms with E-state index in [0.717, 1.165) is 6.42 Å². The van der Waals surface area contributed by atoms with Crippen molar-refractivity contribution in [3.05, 3.63) is 12.2 Å². The van der Waals surface area contributed by atoms with Gasteiger partial charge in [0.05, 0.1) is 6.42 Å². The van der Waals surface area contributed by atoms with E-state index in [0.29, 0.717) is 6.61 Å². The van der Waals surface area contributed by atoms with E-state index in [9.17, 15) is 18.0 Å². The normalized spacial score (nSPS) is 12.0. The Balaban J connectivity index is -0.000000561. The fourth-order valence-corrected chi connectivity index (χ4v) is 3.45. The average Bonchev–Trinajstić information content (AvgIpc) is 2.68. The van der Waals surface area contributed by atoms with Gasteiger partial charge < -0.3 is 15.3 Å². The molecule has 0 aromatic carbocycles.